The van der Waals surface area contributed by atoms with Crippen molar-refractivity contribution in [2.45, 2.75) is 34.1 Å². The molecular formula is C13H23N. The average molecular weight is 193 g/mol. The van der Waals surface area contributed by atoms with Crippen molar-refractivity contribution in [1.82, 2.24) is 0 Å². The second-order valence-electron chi connectivity index (χ2n) is 3.11. The zero-order valence-electron chi connectivity index (χ0n) is 10.2. The second kappa shape index (κ2) is 11.9. The Balaban J connectivity index is 0. The van der Waals surface area contributed by atoms with E-state index in [0.717, 1.165) is 0 Å². The number of benzene rings is 1. The van der Waals surface area contributed by atoms with Gasteiger partial charge in [0.15, 0.2) is 0 Å². The molecule has 1 aromatic carbocycles. The van der Waals surface area contributed by atoms with Gasteiger partial charge in [-0.1, -0.05) is 44.5 Å². The highest BCUT2D eigenvalue weighted by Gasteiger charge is 1.83. The first-order valence-electron chi connectivity index (χ1n) is 5.01. The molecule has 0 heterocycles. The zero-order valence-corrected chi connectivity index (χ0v) is 10.2. The molecule has 1 heteroatoms. The maximum atomic E-state index is 3.25. The van der Waals surface area contributed by atoms with Crippen molar-refractivity contribution in [3.05, 3.63) is 35.4 Å². The number of rotatable bonds is 0. The van der Waals surface area contributed by atoms with E-state index in [1.807, 2.05) is 0 Å². The van der Waals surface area contributed by atoms with Gasteiger partial charge in [-0.05, 0) is 31.7 Å². The van der Waals surface area contributed by atoms with Gasteiger partial charge >= 0.3 is 0 Å². The lowest BCUT2D eigenvalue weighted by Crippen LogP contribution is -1.74. The van der Waals surface area contributed by atoms with Crippen molar-refractivity contribution in [3.63, 3.8) is 0 Å². The van der Waals surface area contributed by atoms with Crippen molar-refractivity contribution >= 4 is 6.72 Å². The van der Waals surface area contributed by atoms with Crippen LogP contribution >= 0.6 is 0 Å². The van der Waals surface area contributed by atoms with E-state index in [2.05, 4.69) is 63.7 Å². The average Bonchev–Trinajstić information content (AvgIpc) is 2.13. The Labute approximate surface area is 88.9 Å². The molecule has 0 spiro atoms. The first kappa shape index (κ1) is 15.4. The van der Waals surface area contributed by atoms with Crippen LogP contribution < -0.4 is 0 Å². The Kier molecular flexibility index (Phi) is 13.1. The summed E-state index contributed by atoms with van der Waals surface area (Å²) < 4.78 is 0. The van der Waals surface area contributed by atoms with E-state index in [-0.39, 0.29) is 0 Å². The van der Waals surface area contributed by atoms with Crippen LogP contribution in [0.4, 0.5) is 0 Å². The summed E-state index contributed by atoms with van der Waals surface area (Å²) in [4.78, 5) is 3.25. The third kappa shape index (κ3) is 10.9. The molecule has 0 amide bonds. The summed E-state index contributed by atoms with van der Waals surface area (Å²) in [5.74, 6) is 0. The van der Waals surface area contributed by atoms with Gasteiger partial charge in [-0.3, -0.25) is 0 Å². The number of hydrogen-bond donors (Lipinski definition) is 0. The van der Waals surface area contributed by atoms with Gasteiger partial charge in [-0.25, -0.2) is 0 Å². The topological polar surface area (TPSA) is 12.4 Å². The number of aliphatic imine (C=N–C) groups is 1. The largest absolute Gasteiger partial charge is 0.304 e. The van der Waals surface area contributed by atoms with Crippen LogP contribution in [-0.2, 0) is 0 Å². The molecular weight excluding hydrogens is 170 g/mol. The standard InChI is InChI=1S/C8H10.C3H8.C2H5N/c1-7-5-3-4-6-8(7)2;2*1-3-2/h3-6H,1-2H3;3H2,1-2H3;1H2,2H3. The molecule has 1 rings (SSSR count). The van der Waals surface area contributed by atoms with Crippen molar-refractivity contribution in [2.24, 2.45) is 4.99 Å². The summed E-state index contributed by atoms with van der Waals surface area (Å²) in [5, 5.41) is 0. The predicted octanol–water partition coefficient (Wildman–Crippen LogP) is 4.04. The first-order chi connectivity index (χ1) is 6.63. The SMILES string of the molecule is C=NC.CCC.Cc1ccccc1C. The number of nitrogens with zero attached hydrogens (tertiary/aromatic N) is 1. The molecule has 0 atom stereocenters. The first-order valence-corrected chi connectivity index (χ1v) is 5.01. The van der Waals surface area contributed by atoms with Crippen LogP contribution in [0.15, 0.2) is 29.3 Å². The van der Waals surface area contributed by atoms with Gasteiger partial charge in [-0.15, -0.1) is 0 Å². The number of aryl methyl sites for hydroxylation is 2. The molecule has 0 unspecified atom stereocenters. The predicted molar refractivity (Wildman–Crippen MR) is 67.4 cm³/mol. The highest BCUT2D eigenvalue weighted by atomic mass is 14.6. The van der Waals surface area contributed by atoms with Crippen LogP contribution in [0.25, 0.3) is 0 Å². The fourth-order valence-corrected chi connectivity index (χ4v) is 0.663. The molecule has 0 aliphatic rings. The molecule has 0 saturated heterocycles. The monoisotopic (exact) mass is 193 g/mol. The summed E-state index contributed by atoms with van der Waals surface area (Å²) in [6.07, 6.45) is 1.25. The van der Waals surface area contributed by atoms with Gasteiger partial charge < -0.3 is 4.99 Å². The van der Waals surface area contributed by atoms with Crippen LogP contribution in [0.5, 0.6) is 0 Å². The Morgan fingerprint density at radius 3 is 1.43 bits per heavy atom. The normalized spacial score (nSPS) is 7.50. The lowest BCUT2D eigenvalue weighted by molar-refractivity contribution is 1.09. The number of hydrogen-bond acceptors (Lipinski definition) is 1. The molecule has 0 aliphatic heterocycles. The molecule has 0 fully saturated rings. The molecule has 80 valence electrons. The van der Waals surface area contributed by atoms with Crippen molar-refractivity contribution in [3.8, 4) is 0 Å². The molecule has 0 N–H and O–H groups in total. The highest BCUT2D eigenvalue weighted by molar-refractivity contribution is 5.23. The van der Waals surface area contributed by atoms with E-state index >= 15 is 0 Å². The summed E-state index contributed by atoms with van der Waals surface area (Å²) in [7, 11) is 1.64. The minimum atomic E-state index is 1.25. The summed E-state index contributed by atoms with van der Waals surface area (Å²) in [6.45, 7) is 11.6. The molecule has 0 aromatic heterocycles. The van der Waals surface area contributed by atoms with Crippen molar-refractivity contribution in [1.29, 1.82) is 0 Å². The van der Waals surface area contributed by atoms with E-state index in [1.54, 1.807) is 7.05 Å². The molecule has 0 radical (unpaired) electrons. The highest BCUT2D eigenvalue weighted by Crippen LogP contribution is 2.02. The molecule has 0 aliphatic carbocycles. The maximum Gasteiger partial charge on any atom is 0.0269 e. The molecule has 1 nitrogen and oxygen atoms in total. The van der Waals surface area contributed by atoms with Crippen LogP contribution in [0.2, 0.25) is 0 Å². The van der Waals surface area contributed by atoms with E-state index in [9.17, 15) is 0 Å². The van der Waals surface area contributed by atoms with Crippen molar-refractivity contribution in [2.75, 3.05) is 7.05 Å². The Hall–Kier alpha value is -1.11. The zero-order chi connectivity index (χ0) is 11.4. The Morgan fingerprint density at radius 1 is 1.07 bits per heavy atom. The summed E-state index contributed by atoms with van der Waals surface area (Å²) >= 11 is 0. The van der Waals surface area contributed by atoms with E-state index in [4.69, 9.17) is 0 Å². The quantitative estimate of drug-likeness (QED) is 0.551. The fourth-order valence-electron chi connectivity index (χ4n) is 0.663. The third-order valence-corrected chi connectivity index (χ3v) is 1.43. The molecule has 14 heavy (non-hydrogen) atoms. The summed E-state index contributed by atoms with van der Waals surface area (Å²) in [6, 6.07) is 8.36. The van der Waals surface area contributed by atoms with E-state index in [1.165, 1.54) is 17.5 Å². The molecule has 0 saturated carbocycles. The van der Waals surface area contributed by atoms with Gasteiger partial charge in [0.25, 0.3) is 0 Å². The van der Waals surface area contributed by atoms with Gasteiger partial charge in [-0.2, -0.15) is 0 Å². The molecule has 1 aromatic rings. The fraction of sp³-hybridized carbons (Fsp3) is 0.462. The van der Waals surface area contributed by atoms with Crippen LogP contribution in [0.3, 0.4) is 0 Å². The lowest BCUT2D eigenvalue weighted by atomic mass is 10.1. The Morgan fingerprint density at radius 2 is 1.29 bits per heavy atom. The molecule has 0 bridgehead atoms. The minimum Gasteiger partial charge on any atom is -0.304 e. The second-order valence-corrected chi connectivity index (χ2v) is 3.11. The minimum absolute atomic E-state index is 1.25. The van der Waals surface area contributed by atoms with Crippen LogP contribution in [0, 0.1) is 13.8 Å². The van der Waals surface area contributed by atoms with E-state index in [0.29, 0.717) is 0 Å². The maximum absolute atomic E-state index is 3.25. The van der Waals surface area contributed by atoms with Gasteiger partial charge in [0, 0.05) is 7.05 Å². The third-order valence-electron chi connectivity index (χ3n) is 1.43. The van der Waals surface area contributed by atoms with Gasteiger partial charge in [0.2, 0.25) is 0 Å². The van der Waals surface area contributed by atoms with Gasteiger partial charge in [0.1, 0.15) is 0 Å². The lowest BCUT2D eigenvalue weighted by Gasteiger charge is -1.93. The smallest absolute Gasteiger partial charge is 0.0269 e. The summed E-state index contributed by atoms with van der Waals surface area (Å²) in [5.41, 5.74) is 2.74. The van der Waals surface area contributed by atoms with Crippen molar-refractivity contribution < 1.29 is 0 Å². The van der Waals surface area contributed by atoms with Gasteiger partial charge in [0.05, 0.1) is 0 Å². The van der Waals surface area contributed by atoms with E-state index < -0.39 is 0 Å². The van der Waals surface area contributed by atoms with Crippen LogP contribution in [0.1, 0.15) is 31.4 Å². The Bertz CT molecular complexity index is 207. The van der Waals surface area contributed by atoms with Crippen LogP contribution in [-0.4, -0.2) is 13.8 Å².